The molecule has 0 aliphatic carbocycles. The Bertz CT molecular complexity index is 1030. The number of benzene rings is 2. The molecule has 4 rings (SSSR count). The molecule has 0 radical (unpaired) electrons. The lowest BCUT2D eigenvalue weighted by Crippen LogP contribution is -2.48. The maximum absolute atomic E-state index is 13.7. The van der Waals surface area contributed by atoms with Gasteiger partial charge in [0.1, 0.15) is 5.82 Å². The molecule has 1 N–H and O–H groups in total. The van der Waals surface area contributed by atoms with E-state index in [-0.39, 0.29) is 17.6 Å². The van der Waals surface area contributed by atoms with Gasteiger partial charge in [-0.25, -0.2) is 4.39 Å². The summed E-state index contributed by atoms with van der Waals surface area (Å²) >= 11 is 0. The van der Waals surface area contributed by atoms with E-state index in [1.807, 2.05) is 18.2 Å². The molecule has 0 aromatic heterocycles. The molecule has 7 heteroatoms. The van der Waals surface area contributed by atoms with Crippen LogP contribution in [0, 0.1) is 17.7 Å². The first-order valence-corrected chi connectivity index (χ1v) is 13.0. The molecule has 194 valence electrons. The van der Waals surface area contributed by atoms with E-state index in [0.29, 0.717) is 42.7 Å². The Morgan fingerprint density at radius 2 is 1.75 bits per heavy atom. The number of nitrogens with one attached hydrogen (secondary N) is 1. The van der Waals surface area contributed by atoms with E-state index < -0.39 is 12.0 Å². The van der Waals surface area contributed by atoms with Crippen molar-refractivity contribution in [3.63, 3.8) is 0 Å². The third-order valence-electron chi connectivity index (χ3n) is 7.36. The number of likely N-dealkylation sites (tertiary alicyclic amines) is 1. The third-order valence-corrected chi connectivity index (χ3v) is 7.36. The van der Waals surface area contributed by atoms with Crippen LogP contribution in [0.15, 0.2) is 48.5 Å². The fourth-order valence-corrected chi connectivity index (χ4v) is 5.94. The molecule has 2 aliphatic rings. The van der Waals surface area contributed by atoms with Gasteiger partial charge < -0.3 is 19.9 Å². The van der Waals surface area contributed by atoms with Crippen LogP contribution in [-0.2, 0) is 9.53 Å². The van der Waals surface area contributed by atoms with E-state index in [0.717, 1.165) is 31.6 Å². The number of hydrogen-bond acceptors (Lipinski definition) is 4. The molecule has 2 heterocycles. The first-order valence-electron chi connectivity index (χ1n) is 13.0. The van der Waals surface area contributed by atoms with Crippen molar-refractivity contribution in [2.24, 2.45) is 11.8 Å². The summed E-state index contributed by atoms with van der Waals surface area (Å²) < 4.78 is 19.0. The van der Waals surface area contributed by atoms with Crippen molar-refractivity contribution in [3.05, 3.63) is 71.0 Å². The second-order valence-electron chi connectivity index (χ2n) is 10.4. The summed E-state index contributed by atoms with van der Waals surface area (Å²) in [4.78, 5) is 31.4. The number of methoxy groups -OCH3 is 1. The molecule has 1 fully saturated rings. The van der Waals surface area contributed by atoms with Crippen LogP contribution in [0.3, 0.4) is 0 Å². The smallest absolute Gasteiger partial charge is 0.254 e. The van der Waals surface area contributed by atoms with E-state index in [9.17, 15) is 14.0 Å². The van der Waals surface area contributed by atoms with Crippen LogP contribution in [0.4, 0.5) is 4.39 Å². The van der Waals surface area contributed by atoms with Gasteiger partial charge in [-0.3, -0.25) is 9.59 Å². The highest BCUT2D eigenvalue weighted by Crippen LogP contribution is 2.42. The molecule has 4 atom stereocenters. The lowest BCUT2D eigenvalue weighted by Gasteiger charge is -2.41. The Balaban J connectivity index is 1.55. The average molecular weight is 496 g/mol. The van der Waals surface area contributed by atoms with Gasteiger partial charge >= 0.3 is 0 Å². The summed E-state index contributed by atoms with van der Waals surface area (Å²) in [6.45, 7) is 9.02. The van der Waals surface area contributed by atoms with Crippen molar-refractivity contribution in [1.82, 2.24) is 15.1 Å². The van der Waals surface area contributed by atoms with Crippen molar-refractivity contribution >= 4 is 11.8 Å². The Hall–Kier alpha value is -2.77. The quantitative estimate of drug-likeness (QED) is 0.529. The second-order valence-corrected chi connectivity index (χ2v) is 10.4. The maximum Gasteiger partial charge on any atom is 0.254 e. The lowest BCUT2D eigenvalue weighted by atomic mass is 9.79. The lowest BCUT2D eigenvalue weighted by molar-refractivity contribution is -0.124. The van der Waals surface area contributed by atoms with Crippen LogP contribution >= 0.6 is 0 Å². The number of rotatable bonds is 9. The normalized spacial score (nSPS) is 24.4. The summed E-state index contributed by atoms with van der Waals surface area (Å²) in [5, 5.41) is 3.15. The van der Waals surface area contributed by atoms with E-state index in [1.54, 1.807) is 30.2 Å². The second kappa shape index (κ2) is 12.0. The number of nitrogens with zero attached hydrogens (tertiary/aromatic N) is 2. The molecule has 0 saturated carbocycles. The minimum absolute atomic E-state index is 0.118. The highest BCUT2D eigenvalue weighted by Gasteiger charge is 2.43. The zero-order valence-corrected chi connectivity index (χ0v) is 21.6. The molecule has 2 aromatic carbocycles. The van der Waals surface area contributed by atoms with Crippen LogP contribution in [-0.4, -0.2) is 68.1 Å². The van der Waals surface area contributed by atoms with Crippen molar-refractivity contribution in [2.45, 2.75) is 38.6 Å². The molecule has 6 nitrogen and oxygen atoms in total. The Morgan fingerprint density at radius 1 is 1.06 bits per heavy atom. The topological polar surface area (TPSA) is 61.9 Å². The Kier molecular flexibility index (Phi) is 8.75. The highest BCUT2D eigenvalue weighted by molar-refractivity contribution is 6.01. The first kappa shape index (κ1) is 26.3. The van der Waals surface area contributed by atoms with E-state index in [1.165, 1.54) is 18.6 Å². The number of ether oxygens (including phenoxy) is 1. The van der Waals surface area contributed by atoms with Crippen molar-refractivity contribution in [1.29, 1.82) is 0 Å². The van der Waals surface area contributed by atoms with Crippen molar-refractivity contribution in [2.75, 3.05) is 46.4 Å². The van der Waals surface area contributed by atoms with Gasteiger partial charge in [-0.05, 0) is 60.5 Å². The van der Waals surface area contributed by atoms with Gasteiger partial charge in [0, 0.05) is 38.9 Å². The number of halogens is 1. The molecule has 0 bridgehead atoms. The zero-order chi connectivity index (χ0) is 25.7. The van der Waals surface area contributed by atoms with Gasteiger partial charge in [-0.2, -0.15) is 0 Å². The zero-order valence-electron chi connectivity index (χ0n) is 21.6. The first-order chi connectivity index (χ1) is 17.4. The Morgan fingerprint density at radius 3 is 2.44 bits per heavy atom. The predicted octanol–water partition coefficient (Wildman–Crippen LogP) is 4.24. The average Bonchev–Trinajstić information content (AvgIpc) is 2.86. The van der Waals surface area contributed by atoms with E-state index >= 15 is 0 Å². The third kappa shape index (κ3) is 5.95. The molecular weight excluding hydrogens is 457 g/mol. The van der Waals surface area contributed by atoms with Crippen LogP contribution in [0.5, 0.6) is 0 Å². The summed E-state index contributed by atoms with van der Waals surface area (Å²) in [6.07, 6.45) is 2.14. The molecule has 2 amide bonds. The number of carbonyl (C=O) groups is 2. The van der Waals surface area contributed by atoms with Crippen LogP contribution in [0.1, 0.15) is 60.1 Å². The maximum atomic E-state index is 13.7. The number of carbonyl (C=O) groups excluding carboxylic acids is 2. The number of fused-ring (bicyclic) bond motifs is 1. The van der Waals surface area contributed by atoms with Gasteiger partial charge in [0.05, 0.1) is 18.6 Å². The summed E-state index contributed by atoms with van der Waals surface area (Å²) in [6, 6.07) is 12.9. The summed E-state index contributed by atoms with van der Waals surface area (Å²) in [5.41, 5.74) is 1.97. The highest BCUT2D eigenvalue weighted by atomic mass is 19.1. The fourth-order valence-electron chi connectivity index (χ4n) is 5.94. The van der Waals surface area contributed by atoms with Gasteiger partial charge in [0.15, 0.2) is 0 Å². The van der Waals surface area contributed by atoms with Crippen molar-refractivity contribution in [3.8, 4) is 0 Å². The van der Waals surface area contributed by atoms with Gasteiger partial charge in [-0.15, -0.1) is 0 Å². The number of piperidine rings is 1. The number of hydrogen-bond donors (Lipinski definition) is 1. The minimum Gasteiger partial charge on any atom is -0.383 e. The Labute approximate surface area is 213 Å². The predicted molar refractivity (Wildman–Crippen MR) is 138 cm³/mol. The van der Waals surface area contributed by atoms with E-state index in [2.05, 4.69) is 24.1 Å². The van der Waals surface area contributed by atoms with Crippen molar-refractivity contribution < 1.29 is 18.7 Å². The molecule has 2 aliphatic heterocycles. The molecule has 36 heavy (non-hydrogen) atoms. The largest absolute Gasteiger partial charge is 0.383 e. The molecular formula is C29H38FN3O3. The molecule has 1 saturated heterocycles. The minimum atomic E-state index is -0.601. The summed E-state index contributed by atoms with van der Waals surface area (Å²) in [7, 11) is 1.59. The fraction of sp³-hybridized carbons (Fsp3) is 0.517. The van der Waals surface area contributed by atoms with Gasteiger partial charge in [0.2, 0.25) is 5.91 Å². The molecule has 0 unspecified atom stereocenters. The standard InChI is InChI=1S/C29H38FN3O3/c1-20-17-21(2)19-32(18-20)14-6-13-31-28(34)26-24-7-4-5-8-25(24)29(35)33(15-16-36-3)27(26)22-9-11-23(30)12-10-22/h4-5,7-12,20-21,26-27H,6,13-19H2,1-3H3,(H,31,34)/t20-,21+,26-,27-/m0/s1. The van der Waals surface area contributed by atoms with Gasteiger partial charge in [-0.1, -0.05) is 44.2 Å². The molecule has 0 spiro atoms. The SMILES string of the molecule is COCCN1C(=O)c2ccccc2[C@H](C(=O)NCCCN2C[C@H](C)C[C@H](C)C2)[C@@H]1c1ccc(F)cc1. The van der Waals surface area contributed by atoms with Crippen LogP contribution in [0.25, 0.3) is 0 Å². The summed E-state index contributed by atoms with van der Waals surface area (Å²) in [5.74, 6) is 0.188. The molecule has 2 aromatic rings. The van der Waals surface area contributed by atoms with Crippen LogP contribution < -0.4 is 5.32 Å². The van der Waals surface area contributed by atoms with Gasteiger partial charge in [0.25, 0.3) is 5.91 Å². The van der Waals surface area contributed by atoms with Crippen LogP contribution in [0.2, 0.25) is 0 Å². The number of amides is 2. The monoisotopic (exact) mass is 495 g/mol. The van der Waals surface area contributed by atoms with E-state index in [4.69, 9.17) is 4.74 Å².